The van der Waals surface area contributed by atoms with Crippen LogP contribution in [0, 0.1) is 0 Å². The maximum Gasteiger partial charge on any atom is 0.407 e. The van der Waals surface area contributed by atoms with Crippen molar-refractivity contribution in [2.24, 2.45) is 0 Å². The summed E-state index contributed by atoms with van der Waals surface area (Å²) in [7, 11) is 0. The fourth-order valence-electron chi connectivity index (χ4n) is 1.40. The molecular formula is C12H22N4O5. The maximum atomic E-state index is 11.3. The Kier molecular flexibility index (Phi) is 9.09. The monoisotopic (exact) mass is 302 g/mol. The van der Waals surface area contributed by atoms with Crippen LogP contribution < -0.4 is 5.32 Å². The maximum absolute atomic E-state index is 11.3. The molecular weight excluding hydrogens is 280 g/mol. The first-order valence-electron chi connectivity index (χ1n) is 6.82. The second kappa shape index (κ2) is 11.0. The number of alkyl carbamates (subject to hydrolysis) is 1. The SMILES string of the molecule is CCOCCOC(=O)NCc1cn(CCOCCO)nn1. The summed E-state index contributed by atoms with van der Waals surface area (Å²) in [6.07, 6.45) is 1.19. The fraction of sp³-hybridized carbons (Fsp3) is 0.750. The van der Waals surface area contributed by atoms with E-state index in [1.165, 1.54) is 0 Å². The van der Waals surface area contributed by atoms with Gasteiger partial charge in [-0.05, 0) is 6.92 Å². The van der Waals surface area contributed by atoms with Crippen molar-refractivity contribution >= 4 is 6.09 Å². The van der Waals surface area contributed by atoms with Gasteiger partial charge in [0.25, 0.3) is 0 Å². The summed E-state index contributed by atoms with van der Waals surface area (Å²) in [5.74, 6) is 0. The predicted molar refractivity (Wildman–Crippen MR) is 72.6 cm³/mol. The lowest BCUT2D eigenvalue weighted by Gasteiger charge is -2.05. The van der Waals surface area contributed by atoms with E-state index in [1.807, 2.05) is 6.92 Å². The molecule has 0 atom stereocenters. The van der Waals surface area contributed by atoms with Crippen LogP contribution in [0.4, 0.5) is 4.79 Å². The van der Waals surface area contributed by atoms with Crippen LogP contribution in [0.2, 0.25) is 0 Å². The minimum Gasteiger partial charge on any atom is -0.447 e. The van der Waals surface area contributed by atoms with Crippen molar-refractivity contribution in [1.82, 2.24) is 20.3 Å². The van der Waals surface area contributed by atoms with E-state index in [0.717, 1.165) is 0 Å². The number of ether oxygens (including phenoxy) is 3. The van der Waals surface area contributed by atoms with Crippen LogP contribution in [-0.4, -0.2) is 65.8 Å². The number of aliphatic hydroxyl groups excluding tert-OH is 1. The van der Waals surface area contributed by atoms with Crippen molar-refractivity contribution in [1.29, 1.82) is 0 Å². The van der Waals surface area contributed by atoms with Gasteiger partial charge in [0, 0.05) is 6.61 Å². The molecule has 1 amide bonds. The Morgan fingerprint density at radius 3 is 2.95 bits per heavy atom. The normalized spacial score (nSPS) is 10.6. The van der Waals surface area contributed by atoms with E-state index in [4.69, 9.17) is 19.3 Å². The minimum absolute atomic E-state index is 0.00205. The fourth-order valence-corrected chi connectivity index (χ4v) is 1.40. The first kappa shape index (κ1) is 17.3. The summed E-state index contributed by atoms with van der Waals surface area (Å²) in [5, 5.41) is 18.9. The Morgan fingerprint density at radius 2 is 2.19 bits per heavy atom. The smallest absolute Gasteiger partial charge is 0.407 e. The van der Waals surface area contributed by atoms with E-state index < -0.39 is 6.09 Å². The second-order valence-electron chi connectivity index (χ2n) is 4.00. The summed E-state index contributed by atoms with van der Waals surface area (Å²) in [4.78, 5) is 11.3. The molecule has 0 aliphatic carbocycles. The highest BCUT2D eigenvalue weighted by molar-refractivity contribution is 5.66. The standard InChI is InChI=1S/C12H22N4O5/c1-2-19-7-8-21-12(18)13-9-11-10-16(15-14-11)3-5-20-6-4-17/h10,17H,2-9H2,1H3,(H,13,18). The van der Waals surface area contributed by atoms with Crippen molar-refractivity contribution in [3.63, 3.8) is 0 Å². The van der Waals surface area contributed by atoms with Crippen LogP contribution in [0.3, 0.4) is 0 Å². The molecule has 0 unspecified atom stereocenters. The van der Waals surface area contributed by atoms with Gasteiger partial charge in [-0.3, -0.25) is 0 Å². The topological polar surface area (TPSA) is 108 Å². The lowest BCUT2D eigenvalue weighted by molar-refractivity contribution is 0.0786. The van der Waals surface area contributed by atoms with Gasteiger partial charge in [0.05, 0.1) is 45.7 Å². The summed E-state index contributed by atoms with van der Waals surface area (Å²) < 4.78 is 16.7. The Hall–Kier alpha value is -1.71. The highest BCUT2D eigenvalue weighted by Crippen LogP contribution is 1.93. The van der Waals surface area contributed by atoms with E-state index in [1.54, 1.807) is 10.9 Å². The number of hydrogen-bond donors (Lipinski definition) is 2. The number of carbonyl (C=O) groups excluding carboxylic acids is 1. The van der Waals surface area contributed by atoms with E-state index in [9.17, 15) is 4.79 Å². The minimum atomic E-state index is -0.518. The largest absolute Gasteiger partial charge is 0.447 e. The molecule has 0 bridgehead atoms. The highest BCUT2D eigenvalue weighted by Gasteiger charge is 2.05. The summed E-state index contributed by atoms with van der Waals surface area (Å²) in [6.45, 7) is 4.58. The Bertz CT molecular complexity index is 399. The molecule has 0 aliphatic heterocycles. The summed E-state index contributed by atoms with van der Waals surface area (Å²) in [5.41, 5.74) is 0.624. The lowest BCUT2D eigenvalue weighted by atomic mass is 10.5. The van der Waals surface area contributed by atoms with E-state index in [2.05, 4.69) is 15.6 Å². The van der Waals surface area contributed by atoms with Crippen LogP contribution in [-0.2, 0) is 27.3 Å². The number of hydrogen-bond acceptors (Lipinski definition) is 7. The van der Waals surface area contributed by atoms with Gasteiger partial charge in [0.15, 0.2) is 0 Å². The Morgan fingerprint density at radius 1 is 1.33 bits per heavy atom. The lowest BCUT2D eigenvalue weighted by Crippen LogP contribution is -2.25. The zero-order chi connectivity index (χ0) is 15.3. The summed E-state index contributed by atoms with van der Waals surface area (Å²) >= 11 is 0. The summed E-state index contributed by atoms with van der Waals surface area (Å²) in [6, 6.07) is 0. The molecule has 120 valence electrons. The Balaban J connectivity index is 2.14. The van der Waals surface area contributed by atoms with Gasteiger partial charge in [-0.1, -0.05) is 5.21 Å². The first-order valence-corrected chi connectivity index (χ1v) is 6.82. The first-order chi connectivity index (χ1) is 10.3. The molecule has 0 fully saturated rings. The molecule has 1 rings (SSSR count). The molecule has 9 nitrogen and oxygen atoms in total. The van der Waals surface area contributed by atoms with E-state index >= 15 is 0 Å². The van der Waals surface area contributed by atoms with Crippen LogP contribution in [0.1, 0.15) is 12.6 Å². The van der Waals surface area contributed by atoms with Crippen LogP contribution in [0.5, 0.6) is 0 Å². The molecule has 9 heteroatoms. The van der Waals surface area contributed by atoms with Crippen LogP contribution in [0.15, 0.2) is 6.20 Å². The average molecular weight is 302 g/mol. The molecule has 1 aromatic heterocycles. The molecule has 21 heavy (non-hydrogen) atoms. The zero-order valence-corrected chi connectivity index (χ0v) is 12.2. The highest BCUT2D eigenvalue weighted by atomic mass is 16.6. The van der Waals surface area contributed by atoms with Crippen molar-refractivity contribution in [2.75, 3.05) is 39.6 Å². The van der Waals surface area contributed by atoms with Gasteiger partial charge in [0.2, 0.25) is 0 Å². The number of nitrogens with one attached hydrogen (secondary N) is 1. The predicted octanol–water partition coefficient (Wildman–Crippen LogP) is -0.450. The van der Waals surface area contributed by atoms with Crippen LogP contribution >= 0.6 is 0 Å². The molecule has 1 aromatic rings. The number of aromatic nitrogens is 3. The Labute approximate surface area is 123 Å². The van der Waals surface area contributed by atoms with E-state index in [-0.39, 0.29) is 19.8 Å². The number of nitrogens with zero attached hydrogens (tertiary/aromatic N) is 3. The van der Waals surface area contributed by atoms with Crippen molar-refractivity contribution in [3.8, 4) is 0 Å². The van der Waals surface area contributed by atoms with E-state index in [0.29, 0.717) is 38.7 Å². The third-order valence-corrected chi connectivity index (χ3v) is 2.37. The second-order valence-corrected chi connectivity index (χ2v) is 4.00. The van der Waals surface area contributed by atoms with Gasteiger partial charge < -0.3 is 24.6 Å². The molecule has 0 spiro atoms. The molecule has 0 saturated carbocycles. The molecule has 0 aromatic carbocycles. The molecule has 2 N–H and O–H groups in total. The molecule has 0 aliphatic rings. The molecule has 0 saturated heterocycles. The molecule has 0 radical (unpaired) electrons. The van der Waals surface area contributed by atoms with Crippen molar-refractivity contribution in [3.05, 3.63) is 11.9 Å². The van der Waals surface area contributed by atoms with Gasteiger partial charge in [-0.2, -0.15) is 0 Å². The van der Waals surface area contributed by atoms with Crippen molar-refractivity contribution < 1.29 is 24.1 Å². The average Bonchev–Trinajstić information content (AvgIpc) is 2.94. The van der Waals surface area contributed by atoms with Gasteiger partial charge in [-0.25, -0.2) is 9.48 Å². The van der Waals surface area contributed by atoms with Crippen molar-refractivity contribution in [2.45, 2.75) is 20.0 Å². The van der Waals surface area contributed by atoms with Gasteiger partial charge in [0.1, 0.15) is 12.3 Å². The van der Waals surface area contributed by atoms with Crippen LogP contribution in [0.25, 0.3) is 0 Å². The van der Waals surface area contributed by atoms with Gasteiger partial charge >= 0.3 is 6.09 Å². The zero-order valence-electron chi connectivity index (χ0n) is 12.2. The quantitative estimate of drug-likeness (QED) is 0.533. The number of carbonyl (C=O) groups is 1. The third kappa shape index (κ3) is 8.23. The molecule has 1 heterocycles. The number of aliphatic hydroxyl groups is 1. The number of rotatable bonds is 11. The van der Waals surface area contributed by atoms with Gasteiger partial charge in [-0.15, -0.1) is 5.10 Å². The number of amides is 1. The third-order valence-electron chi connectivity index (χ3n) is 2.37.